The quantitative estimate of drug-likeness (QED) is 0.450. The zero-order chi connectivity index (χ0) is 20.7. The van der Waals surface area contributed by atoms with Crippen LogP contribution in [0.2, 0.25) is 0 Å². The van der Waals surface area contributed by atoms with Crippen LogP contribution in [-0.4, -0.2) is 47.3 Å². The van der Waals surface area contributed by atoms with Crippen LogP contribution >= 0.6 is 0 Å². The normalized spacial score (nSPS) is 15.2. The zero-order valence-corrected chi connectivity index (χ0v) is 16.3. The van der Waals surface area contributed by atoms with Gasteiger partial charge in [0.1, 0.15) is 11.3 Å². The molecule has 0 spiro atoms. The molecule has 0 bridgehead atoms. The number of carbonyl (C=O) groups is 4. The van der Waals surface area contributed by atoms with Gasteiger partial charge in [0.25, 0.3) is 5.91 Å². The molecule has 9 heteroatoms. The highest BCUT2D eigenvalue weighted by Gasteiger charge is 2.43. The van der Waals surface area contributed by atoms with E-state index in [9.17, 15) is 19.2 Å². The lowest BCUT2D eigenvalue weighted by Gasteiger charge is -2.15. The number of ether oxygens (including phenoxy) is 1. The number of nitrogens with zero attached hydrogens (tertiary/aromatic N) is 1. The fourth-order valence-corrected chi connectivity index (χ4v) is 2.75. The maximum absolute atomic E-state index is 12.0. The molecule has 1 heterocycles. The van der Waals surface area contributed by atoms with Crippen molar-refractivity contribution in [3.05, 3.63) is 29.8 Å². The minimum absolute atomic E-state index is 0.0580. The summed E-state index contributed by atoms with van der Waals surface area (Å²) in [5, 5.41) is 2.54. The third kappa shape index (κ3) is 5.45. The summed E-state index contributed by atoms with van der Waals surface area (Å²) in [4.78, 5) is 48.6. The summed E-state index contributed by atoms with van der Waals surface area (Å²) in [5.74, 6) is -0.496. The number of benzene rings is 1. The van der Waals surface area contributed by atoms with Gasteiger partial charge >= 0.3 is 6.03 Å². The van der Waals surface area contributed by atoms with Crippen LogP contribution in [0.25, 0.3) is 0 Å². The standard InChI is InChI=1S/C19H26N4O5/c1-4-28-14-8-6-5-7-13(14)9-10-15(24)21-22-16(25)11-12-23-17(26)19(2,3)20-18(23)27/h5-8H,4,9-12H2,1-3H3,(H,20,27)(H,21,24)(H,22,25). The van der Waals surface area contributed by atoms with E-state index < -0.39 is 17.5 Å². The monoisotopic (exact) mass is 390 g/mol. The smallest absolute Gasteiger partial charge is 0.325 e. The van der Waals surface area contributed by atoms with Gasteiger partial charge in [-0.15, -0.1) is 0 Å². The van der Waals surface area contributed by atoms with E-state index in [1.54, 1.807) is 13.8 Å². The van der Waals surface area contributed by atoms with E-state index in [-0.39, 0.29) is 31.2 Å². The number of aryl methyl sites for hydroxylation is 1. The van der Waals surface area contributed by atoms with E-state index in [1.165, 1.54) is 0 Å². The highest BCUT2D eigenvalue weighted by atomic mass is 16.5. The lowest BCUT2D eigenvalue weighted by molar-refractivity contribution is -0.132. The van der Waals surface area contributed by atoms with Crippen molar-refractivity contribution in [2.75, 3.05) is 13.2 Å². The Morgan fingerprint density at radius 3 is 2.36 bits per heavy atom. The second-order valence-corrected chi connectivity index (χ2v) is 6.90. The zero-order valence-electron chi connectivity index (χ0n) is 16.3. The molecule has 1 saturated heterocycles. The lowest BCUT2D eigenvalue weighted by atomic mass is 10.1. The highest BCUT2D eigenvalue weighted by molar-refractivity contribution is 6.06. The fraction of sp³-hybridized carbons (Fsp3) is 0.474. The van der Waals surface area contributed by atoms with Crippen molar-refractivity contribution in [3.63, 3.8) is 0 Å². The number of hydrazine groups is 1. The van der Waals surface area contributed by atoms with Crippen LogP contribution in [0.1, 0.15) is 39.2 Å². The Morgan fingerprint density at radius 2 is 1.75 bits per heavy atom. The number of hydrogen-bond donors (Lipinski definition) is 3. The number of amides is 5. The maximum atomic E-state index is 12.0. The number of urea groups is 1. The number of carbonyl (C=O) groups excluding carboxylic acids is 4. The van der Waals surface area contributed by atoms with E-state index in [4.69, 9.17) is 4.74 Å². The first-order chi connectivity index (χ1) is 13.2. The molecule has 5 amide bonds. The number of rotatable bonds is 8. The predicted octanol–water partition coefficient (Wildman–Crippen LogP) is 0.886. The summed E-state index contributed by atoms with van der Waals surface area (Å²) in [5.41, 5.74) is 4.56. The van der Waals surface area contributed by atoms with Gasteiger partial charge in [0.2, 0.25) is 11.8 Å². The van der Waals surface area contributed by atoms with Crippen molar-refractivity contribution in [3.8, 4) is 5.75 Å². The summed E-state index contributed by atoms with van der Waals surface area (Å²) in [6.07, 6.45) is 0.531. The molecule has 0 atom stereocenters. The predicted molar refractivity (Wildman–Crippen MR) is 101 cm³/mol. The molecule has 3 N–H and O–H groups in total. The number of imide groups is 1. The average Bonchev–Trinajstić information content (AvgIpc) is 2.84. The van der Waals surface area contributed by atoms with E-state index in [2.05, 4.69) is 16.2 Å². The van der Waals surface area contributed by atoms with E-state index in [0.717, 1.165) is 16.2 Å². The summed E-state index contributed by atoms with van der Waals surface area (Å²) >= 11 is 0. The Morgan fingerprint density at radius 1 is 1.11 bits per heavy atom. The van der Waals surface area contributed by atoms with Crippen LogP contribution < -0.4 is 20.9 Å². The molecule has 2 rings (SSSR count). The molecule has 1 aliphatic rings. The van der Waals surface area contributed by atoms with Crippen LogP contribution in [0.5, 0.6) is 5.75 Å². The molecule has 1 aliphatic heterocycles. The summed E-state index contributed by atoms with van der Waals surface area (Å²) < 4.78 is 5.51. The van der Waals surface area contributed by atoms with Gasteiger partial charge in [-0.2, -0.15) is 0 Å². The van der Waals surface area contributed by atoms with Gasteiger partial charge < -0.3 is 10.1 Å². The number of para-hydroxylation sites is 1. The van der Waals surface area contributed by atoms with Crippen LogP contribution in [0, 0.1) is 0 Å². The van der Waals surface area contributed by atoms with Crippen molar-refractivity contribution < 1.29 is 23.9 Å². The molecular formula is C19H26N4O5. The molecule has 0 aromatic heterocycles. The van der Waals surface area contributed by atoms with Crippen LogP contribution in [0.15, 0.2) is 24.3 Å². The summed E-state index contributed by atoms with van der Waals surface area (Å²) in [6.45, 7) is 5.55. The SMILES string of the molecule is CCOc1ccccc1CCC(=O)NNC(=O)CCN1C(=O)NC(C)(C)C1=O. The molecule has 1 aromatic carbocycles. The highest BCUT2D eigenvalue weighted by Crippen LogP contribution is 2.19. The fourth-order valence-electron chi connectivity index (χ4n) is 2.75. The first kappa shape index (κ1) is 21.2. The van der Waals surface area contributed by atoms with Crippen molar-refractivity contribution in [2.24, 2.45) is 0 Å². The van der Waals surface area contributed by atoms with Gasteiger partial charge in [0.15, 0.2) is 0 Å². The second-order valence-electron chi connectivity index (χ2n) is 6.90. The second kappa shape index (κ2) is 9.20. The van der Waals surface area contributed by atoms with Crippen LogP contribution in [0.4, 0.5) is 4.79 Å². The van der Waals surface area contributed by atoms with Crippen molar-refractivity contribution in [1.29, 1.82) is 0 Å². The molecule has 1 aromatic rings. The van der Waals surface area contributed by atoms with Crippen molar-refractivity contribution in [1.82, 2.24) is 21.1 Å². The third-order valence-electron chi connectivity index (χ3n) is 4.24. The minimum atomic E-state index is -0.973. The molecule has 0 unspecified atom stereocenters. The van der Waals surface area contributed by atoms with Crippen molar-refractivity contribution in [2.45, 2.75) is 45.6 Å². The molecular weight excluding hydrogens is 364 g/mol. The van der Waals surface area contributed by atoms with E-state index in [1.807, 2.05) is 31.2 Å². The Balaban J connectivity index is 1.72. The van der Waals surface area contributed by atoms with E-state index in [0.29, 0.717) is 13.0 Å². The average molecular weight is 390 g/mol. The Hall–Kier alpha value is -3.10. The van der Waals surface area contributed by atoms with Gasteiger partial charge in [-0.3, -0.25) is 30.1 Å². The summed E-state index contributed by atoms with van der Waals surface area (Å²) in [7, 11) is 0. The maximum Gasteiger partial charge on any atom is 0.325 e. The minimum Gasteiger partial charge on any atom is -0.494 e. The molecule has 0 saturated carbocycles. The topological polar surface area (TPSA) is 117 Å². The molecule has 9 nitrogen and oxygen atoms in total. The number of nitrogens with one attached hydrogen (secondary N) is 3. The van der Waals surface area contributed by atoms with Crippen molar-refractivity contribution >= 4 is 23.8 Å². The number of hydrogen-bond acceptors (Lipinski definition) is 5. The molecule has 1 fully saturated rings. The van der Waals surface area contributed by atoms with Crippen LogP contribution in [-0.2, 0) is 20.8 Å². The van der Waals surface area contributed by atoms with Gasteiger partial charge in [0, 0.05) is 19.4 Å². The van der Waals surface area contributed by atoms with Gasteiger partial charge in [-0.25, -0.2) is 4.79 Å². The largest absolute Gasteiger partial charge is 0.494 e. The molecule has 152 valence electrons. The Kier molecular flexibility index (Phi) is 6.97. The van der Waals surface area contributed by atoms with Gasteiger partial charge in [-0.1, -0.05) is 18.2 Å². The lowest BCUT2D eigenvalue weighted by Crippen LogP contribution is -2.44. The van der Waals surface area contributed by atoms with E-state index >= 15 is 0 Å². The van der Waals surface area contributed by atoms with Gasteiger partial charge in [-0.05, 0) is 38.8 Å². The molecule has 0 radical (unpaired) electrons. The Bertz CT molecular complexity index is 762. The third-order valence-corrected chi connectivity index (χ3v) is 4.24. The first-order valence-corrected chi connectivity index (χ1v) is 9.17. The molecule has 0 aliphatic carbocycles. The van der Waals surface area contributed by atoms with Gasteiger partial charge in [0.05, 0.1) is 6.61 Å². The molecule has 28 heavy (non-hydrogen) atoms. The first-order valence-electron chi connectivity index (χ1n) is 9.17. The van der Waals surface area contributed by atoms with Crippen LogP contribution in [0.3, 0.4) is 0 Å². The Labute approximate surface area is 163 Å². The summed E-state index contributed by atoms with van der Waals surface area (Å²) in [6, 6.07) is 6.93.